The first-order chi connectivity index (χ1) is 16.4. The van der Waals surface area contributed by atoms with Gasteiger partial charge in [-0.3, -0.25) is 14.5 Å². The van der Waals surface area contributed by atoms with Gasteiger partial charge in [-0.1, -0.05) is 30.3 Å². The van der Waals surface area contributed by atoms with Gasteiger partial charge in [0.15, 0.2) is 10.9 Å². The zero-order chi connectivity index (χ0) is 23.8. The van der Waals surface area contributed by atoms with E-state index in [2.05, 4.69) is 9.97 Å². The number of aliphatic hydroxyl groups is 1. The fraction of sp³-hybridized carbons (Fsp3) is 0.120. The number of para-hydroxylation sites is 1. The molecule has 2 aromatic heterocycles. The SMILES string of the molecule is Cc1nc(C)c(C(=O)C2=C(O)C(=O)N(c3nccs3)C2c2cccc(Oc3ccccc3)c2)s1. The molecule has 7 nitrogen and oxygen atoms in total. The molecule has 1 atom stereocenters. The van der Waals surface area contributed by atoms with Gasteiger partial charge >= 0.3 is 0 Å². The lowest BCUT2D eigenvalue weighted by molar-refractivity contribution is -0.117. The number of aryl methyl sites for hydroxylation is 2. The first kappa shape index (κ1) is 22.0. The average Bonchev–Trinajstić information content (AvgIpc) is 3.53. The van der Waals surface area contributed by atoms with Crippen LogP contribution in [0.3, 0.4) is 0 Å². The highest BCUT2D eigenvalue weighted by Gasteiger charge is 2.46. The Morgan fingerprint density at radius 3 is 2.53 bits per heavy atom. The summed E-state index contributed by atoms with van der Waals surface area (Å²) in [5, 5.41) is 13.7. The highest BCUT2D eigenvalue weighted by molar-refractivity contribution is 7.14. The van der Waals surface area contributed by atoms with Crippen LogP contribution in [0.15, 0.2) is 77.5 Å². The maximum absolute atomic E-state index is 13.6. The van der Waals surface area contributed by atoms with E-state index in [-0.39, 0.29) is 5.57 Å². The molecule has 0 spiro atoms. The number of aromatic nitrogens is 2. The lowest BCUT2D eigenvalue weighted by Gasteiger charge is -2.24. The second kappa shape index (κ2) is 8.85. The molecule has 1 aliphatic heterocycles. The minimum Gasteiger partial charge on any atom is -0.503 e. The van der Waals surface area contributed by atoms with Gasteiger partial charge < -0.3 is 9.84 Å². The van der Waals surface area contributed by atoms with Crippen LogP contribution < -0.4 is 9.64 Å². The topological polar surface area (TPSA) is 92.6 Å². The molecule has 1 N–H and O–H groups in total. The normalized spacial score (nSPS) is 15.8. The summed E-state index contributed by atoms with van der Waals surface area (Å²) in [5.41, 5.74) is 1.18. The molecule has 34 heavy (non-hydrogen) atoms. The number of carbonyl (C=O) groups is 2. The summed E-state index contributed by atoms with van der Waals surface area (Å²) in [5.74, 6) is -0.475. The summed E-state index contributed by atoms with van der Waals surface area (Å²) < 4.78 is 5.97. The number of hydrogen-bond donors (Lipinski definition) is 1. The van der Waals surface area contributed by atoms with E-state index in [1.165, 1.54) is 27.6 Å². The molecule has 0 aliphatic carbocycles. The Bertz CT molecular complexity index is 1410. The summed E-state index contributed by atoms with van der Waals surface area (Å²) in [6.07, 6.45) is 1.58. The monoisotopic (exact) mass is 489 g/mol. The first-order valence-electron chi connectivity index (χ1n) is 10.4. The lowest BCUT2D eigenvalue weighted by Crippen LogP contribution is -2.30. The second-order valence-corrected chi connectivity index (χ2v) is 9.70. The van der Waals surface area contributed by atoms with E-state index >= 15 is 0 Å². The Kier molecular flexibility index (Phi) is 5.72. The van der Waals surface area contributed by atoms with E-state index < -0.39 is 23.5 Å². The molecule has 1 amide bonds. The van der Waals surface area contributed by atoms with E-state index in [1.54, 1.807) is 42.8 Å². The fourth-order valence-electron chi connectivity index (χ4n) is 3.92. The Morgan fingerprint density at radius 1 is 1.09 bits per heavy atom. The largest absolute Gasteiger partial charge is 0.503 e. The van der Waals surface area contributed by atoms with Crippen molar-refractivity contribution in [3.63, 3.8) is 0 Å². The number of benzene rings is 2. The molecule has 170 valence electrons. The minimum atomic E-state index is -0.868. The van der Waals surface area contributed by atoms with E-state index in [4.69, 9.17) is 4.74 Å². The van der Waals surface area contributed by atoms with Crippen molar-refractivity contribution in [1.82, 2.24) is 9.97 Å². The Labute approximate surface area is 203 Å². The maximum Gasteiger partial charge on any atom is 0.296 e. The van der Waals surface area contributed by atoms with Gasteiger partial charge in [0.25, 0.3) is 5.91 Å². The molecule has 9 heteroatoms. The van der Waals surface area contributed by atoms with Crippen molar-refractivity contribution in [3.8, 4) is 11.5 Å². The van der Waals surface area contributed by atoms with Crippen molar-refractivity contribution in [2.75, 3.05) is 4.90 Å². The molecule has 4 aromatic rings. The highest BCUT2D eigenvalue weighted by Crippen LogP contribution is 2.44. The van der Waals surface area contributed by atoms with Crippen LogP contribution in [0.4, 0.5) is 5.13 Å². The Balaban J connectivity index is 1.61. The van der Waals surface area contributed by atoms with Gasteiger partial charge in [0, 0.05) is 11.6 Å². The van der Waals surface area contributed by atoms with Crippen LogP contribution in [0.2, 0.25) is 0 Å². The van der Waals surface area contributed by atoms with Crippen molar-refractivity contribution in [2.45, 2.75) is 19.9 Å². The standard InChI is InChI=1S/C25H19N3O4S2/c1-14-23(34-15(2)27-14)21(29)19-20(28(24(31)22(19)30)25-26-11-12-33-25)16-7-6-10-18(13-16)32-17-8-4-3-5-9-17/h3-13,20,30H,1-2H3. The molecule has 0 bridgehead atoms. The number of nitrogens with zero attached hydrogens (tertiary/aromatic N) is 3. The van der Waals surface area contributed by atoms with Gasteiger partial charge in [0.1, 0.15) is 11.5 Å². The van der Waals surface area contributed by atoms with Crippen molar-refractivity contribution >= 4 is 39.5 Å². The minimum absolute atomic E-state index is 0.00353. The van der Waals surface area contributed by atoms with Gasteiger partial charge in [-0.05, 0) is 43.7 Å². The third kappa shape index (κ3) is 3.89. The van der Waals surface area contributed by atoms with Crippen LogP contribution in [0, 0.1) is 13.8 Å². The molecule has 0 radical (unpaired) electrons. The summed E-state index contributed by atoms with van der Waals surface area (Å²) >= 11 is 2.49. The average molecular weight is 490 g/mol. The molecule has 3 heterocycles. The van der Waals surface area contributed by atoms with E-state index in [0.29, 0.717) is 32.8 Å². The molecule has 5 rings (SSSR count). The van der Waals surface area contributed by atoms with Crippen molar-refractivity contribution < 1.29 is 19.4 Å². The molecule has 1 unspecified atom stereocenters. The van der Waals surface area contributed by atoms with Crippen LogP contribution in [0.1, 0.15) is 32.0 Å². The maximum atomic E-state index is 13.6. The second-order valence-electron chi connectivity index (χ2n) is 7.62. The van der Waals surface area contributed by atoms with Gasteiger partial charge in [0.2, 0.25) is 5.78 Å². The van der Waals surface area contributed by atoms with Crippen molar-refractivity contribution in [1.29, 1.82) is 0 Å². The van der Waals surface area contributed by atoms with E-state index in [0.717, 1.165) is 5.01 Å². The Morgan fingerprint density at radius 2 is 1.85 bits per heavy atom. The van der Waals surface area contributed by atoms with E-state index in [9.17, 15) is 14.7 Å². The predicted molar refractivity (Wildman–Crippen MR) is 131 cm³/mol. The van der Waals surface area contributed by atoms with Gasteiger partial charge in [-0.2, -0.15) is 0 Å². The molecule has 0 fully saturated rings. The van der Waals surface area contributed by atoms with Crippen LogP contribution in [-0.2, 0) is 4.79 Å². The quantitative estimate of drug-likeness (QED) is 0.345. The number of hydrogen-bond acceptors (Lipinski definition) is 8. The van der Waals surface area contributed by atoms with Gasteiger partial charge in [-0.15, -0.1) is 22.7 Å². The number of aliphatic hydroxyl groups excluding tert-OH is 1. The smallest absolute Gasteiger partial charge is 0.296 e. The number of amides is 1. The summed E-state index contributed by atoms with van der Waals surface area (Å²) in [6, 6.07) is 15.6. The summed E-state index contributed by atoms with van der Waals surface area (Å²) in [4.78, 5) is 37.2. The molecule has 0 saturated carbocycles. The Hall–Kier alpha value is -3.82. The third-order valence-electron chi connectivity index (χ3n) is 5.34. The lowest BCUT2D eigenvalue weighted by atomic mass is 9.95. The summed E-state index contributed by atoms with van der Waals surface area (Å²) in [6.45, 7) is 3.55. The van der Waals surface area contributed by atoms with Crippen molar-refractivity contribution in [2.24, 2.45) is 0 Å². The number of ether oxygens (including phenoxy) is 1. The molecule has 0 saturated heterocycles. The number of thiazole rings is 2. The summed E-state index contributed by atoms with van der Waals surface area (Å²) in [7, 11) is 0. The fourth-order valence-corrected chi connectivity index (χ4v) is 5.46. The van der Waals surface area contributed by atoms with Crippen LogP contribution in [0.5, 0.6) is 11.5 Å². The first-order valence-corrected chi connectivity index (χ1v) is 12.1. The van der Waals surface area contributed by atoms with Gasteiger partial charge in [-0.25, -0.2) is 9.97 Å². The van der Waals surface area contributed by atoms with Crippen LogP contribution >= 0.6 is 22.7 Å². The zero-order valence-corrected chi connectivity index (χ0v) is 19.9. The highest BCUT2D eigenvalue weighted by atomic mass is 32.1. The molecular formula is C25H19N3O4S2. The molecule has 2 aromatic carbocycles. The molecule has 1 aliphatic rings. The van der Waals surface area contributed by atoms with Crippen LogP contribution in [-0.4, -0.2) is 26.8 Å². The predicted octanol–water partition coefficient (Wildman–Crippen LogP) is 5.79. The van der Waals surface area contributed by atoms with Crippen LogP contribution in [0.25, 0.3) is 0 Å². The van der Waals surface area contributed by atoms with E-state index in [1.807, 2.05) is 37.3 Å². The third-order valence-corrected chi connectivity index (χ3v) is 7.18. The van der Waals surface area contributed by atoms with Gasteiger partial charge in [0.05, 0.1) is 27.2 Å². The number of ketones is 1. The zero-order valence-electron chi connectivity index (χ0n) is 18.3. The number of anilines is 1. The van der Waals surface area contributed by atoms with Crippen molar-refractivity contribution in [3.05, 3.63) is 98.6 Å². The number of Topliss-reactive ketones (excluding diaryl/α,β-unsaturated/α-hetero) is 1. The number of rotatable bonds is 6. The number of carbonyl (C=O) groups excluding carboxylic acids is 2. The molecular weight excluding hydrogens is 470 g/mol.